The molecule has 2 aromatic carbocycles. The summed E-state index contributed by atoms with van der Waals surface area (Å²) in [7, 11) is -0.618. The molecule has 1 N–H and O–H groups in total. The van der Waals surface area contributed by atoms with Gasteiger partial charge in [-0.15, -0.1) is 0 Å². The predicted molar refractivity (Wildman–Crippen MR) is 126 cm³/mol. The summed E-state index contributed by atoms with van der Waals surface area (Å²) in [5, 5.41) is 3.56. The zero-order valence-electron chi connectivity index (χ0n) is 18.5. The van der Waals surface area contributed by atoms with Gasteiger partial charge in [0.2, 0.25) is 15.9 Å². The molecule has 0 saturated carbocycles. The molecule has 0 spiro atoms. The monoisotopic (exact) mass is 470 g/mol. The molecule has 1 aliphatic heterocycles. The van der Waals surface area contributed by atoms with Crippen LogP contribution in [0.4, 0.5) is 5.69 Å². The van der Waals surface area contributed by atoms with Gasteiger partial charge in [-0.2, -0.15) is 4.31 Å². The number of fused-ring (bicyclic) bond motifs is 1. The van der Waals surface area contributed by atoms with Crippen LogP contribution in [0.15, 0.2) is 57.9 Å². The molecule has 1 aromatic heterocycles. The van der Waals surface area contributed by atoms with Crippen molar-refractivity contribution in [2.45, 2.75) is 24.2 Å². The average molecular weight is 471 g/mol. The van der Waals surface area contributed by atoms with Crippen molar-refractivity contribution < 1.29 is 27.1 Å². The van der Waals surface area contributed by atoms with Crippen molar-refractivity contribution in [2.75, 3.05) is 32.6 Å². The summed E-state index contributed by atoms with van der Waals surface area (Å²) in [4.78, 5) is 12.7. The predicted octanol–water partition coefficient (Wildman–Crippen LogP) is 4.28. The van der Waals surface area contributed by atoms with Crippen molar-refractivity contribution in [3.8, 4) is 11.5 Å². The Morgan fingerprint density at radius 3 is 2.52 bits per heavy atom. The molecule has 9 heteroatoms. The number of hydrogen-bond donors (Lipinski definition) is 1. The fourth-order valence-corrected chi connectivity index (χ4v) is 5.37. The smallest absolute Gasteiger partial charge is 0.248 e. The molecule has 1 amide bonds. The van der Waals surface area contributed by atoms with E-state index in [1.54, 1.807) is 25.3 Å². The normalized spacial score (nSPS) is 15.1. The lowest BCUT2D eigenvalue weighted by Crippen LogP contribution is -2.35. The fourth-order valence-electron chi connectivity index (χ4n) is 3.83. The molecule has 0 aliphatic carbocycles. The number of carbonyl (C=O) groups excluding carboxylic acids is 1. The molecule has 0 radical (unpaired) electrons. The Kier molecular flexibility index (Phi) is 6.71. The quantitative estimate of drug-likeness (QED) is 0.518. The largest absolute Gasteiger partial charge is 0.495 e. The van der Waals surface area contributed by atoms with Gasteiger partial charge in [0.05, 0.1) is 24.8 Å². The minimum absolute atomic E-state index is 0.119. The Labute approximate surface area is 192 Å². The number of piperidine rings is 1. The van der Waals surface area contributed by atoms with Gasteiger partial charge in [-0.05, 0) is 49.2 Å². The van der Waals surface area contributed by atoms with Gasteiger partial charge in [0, 0.05) is 24.6 Å². The van der Waals surface area contributed by atoms with Gasteiger partial charge in [-0.1, -0.05) is 18.6 Å². The van der Waals surface area contributed by atoms with E-state index in [1.807, 2.05) is 12.1 Å². The lowest BCUT2D eigenvalue weighted by Gasteiger charge is -2.26. The van der Waals surface area contributed by atoms with Crippen LogP contribution in [0, 0.1) is 0 Å². The Hall–Kier alpha value is -3.30. The number of nitrogens with one attached hydrogen (secondary N) is 1. The highest BCUT2D eigenvalue weighted by atomic mass is 32.2. The third kappa shape index (κ3) is 4.89. The summed E-state index contributed by atoms with van der Waals surface area (Å²) in [6.07, 6.45) is 5.57. The van der Waals surface area contributed by atoms with Gasteiger partial charge in [-0.3, -0.25) is 4.79 Å². The third-order valence-electron chi connectivity index (χ3n) is 5.53. The fraction of sp³-hybridized carbons (Fsp3) is 0.292. The van der Waals surface area contributed by atoms with E-state index in [9.17, 15) is 13.2 Å². The highest BCUT2D eigenvalue weighted by molar-refractivity contribution is 7.89. The van der Waals surface area contributed by atoms with Gasteiger partial charge >= 0.3 is 0 Å². The second-order valence-electron chi connectivity index (χ2n) is 7.68. The summed E-state index contributed by atoms with van der Waals surface area (Å²) < 4.78 is 43.9. The molecule has 1 saturated heterocycles. The van der Waals surface area contributed by atoms with Crippen LogP contribution in [0.25, 0.3) is 17.0 Å². The second kappa shape index (κ2) is 9.68. The minimum atomic E-state index is -3.64. The molecule has 0 unspecified atom stereocenters. The van der Waals surface area contributed by atoms with Gasteiger partial charge < -0.3 is 19.2 Å². The highest BCUT2D eigenvalue weighted by Gasteiger charge is 2.26. The summed E-state index contributed by atoms with van der Waals surface area (Å²) in [6.45, 7) is 1.00. The summed E-state index contributed by atoms with van der Waals surface area (Å²) in [5.74, 6) is 1.00. The number of hydrogen-bond acceptors (Lipinski definition) is 6. The van der Waals surface area contributed by atoms with Gasteiger partial charge in [0.15, 0.2) is 11.3 Å². The number of nitrogens with zero attached hydrogens (tertiary/aromatic N) is 1. The summed E-state index contributed by atoms with van der Waals surface area (Å²) in [5.41, 5.74) is 0.869. The van der Waals surface area contributed by atoms with E-state index >= 15 is 0 Å². The molecular weight excluding hydrogens is 444 g/mol. The number of carbonyl (C=O) groups is 1. The molecular formula is C24H26N2O6S. The first-order valence-corrected chi connectivity index (χ1v) is 12.1. The van der Waals surface area contributed by atoms with E-state index in [-0.39, 0.29) is 10.6 Å². The van der Waals surface area contributed by atoms with Crippen molar-refractivity contribution in [3.63, 3.8) is 0 Å². The van der Waals surface area contributed by atoms with Gasteiger partial charge in [0.25, 0.3) is 0 Å². The number of ether oxygens (including phenoxy) is 2. The van der Waals surface area contributed by atoms with E-state index in [1.165, 1.54) is 35.7 Å². The molecule has 174 valence electrons. The molecule has 3 aromatic rings. The van der Waals surface area contributed by atoms with E-state index in [4.69, 9.17) is 13.9 Å². The third-order valence-corrected chi connectivity index (χ3v) is 7.42. The standard InChI is InChI=1S/C24H26N2O6S/c1-30-21-11-10-19(33(28,29)26-13-4-3-5-14-26)16-20(21)25-23(27)12-9-18-15-17-7-6-8-22(31-2)24(17)32-18/h6-12,15-16H,3-5,13-14H2,1-2H3,(H,25,27)/b12-9+. The van der Waals surface area contributed by atoms with Crippen LogP contribution in [-0.4, -0.2) is 45.9 Å². The van der Waals surface area contributed by atoms with Crippen LogP contribution < -0.4 is 14.8 Å². The average Bonchev–Trinajstić information content (AvgIpc) is 3.26. The molecule has 0 atom stereocenters. The number of sulfonamides is 1. The van der Waals surface area contributed by atoms with Crippen LogP contribution in [0.2, 0.25) is 0 Å². The molecule has 2 heterocycles. The number of para-hydroxylation sites is 1. The number of furan rings is 1. The SMILES string of the molecule is COc1ccc(S(=O)(=O)N2CCCCC2)cc1NC(=O)/C=C/c1cc2cccc(OC)c2o1. The Morgan fingerprint density at radius 1 is 1.03 bits per heavy atom. The van der Waals surface area contributed by atoms with Gasteiger partial charge in [-0.25, -0.2) is 8.42 Å². The van der Waals surface area contributed by atoms with Crippen molar-refractivity contribution in [3.05, 3.63) is 54.3 Å². The van der Waals surface area contributed by atoms with E-state index in [2.05, 4.69) is 5.32 Å². The maximum absolute atomic E-state index is 13.0. The van der Waals surface area contributed by atoms with Crippen LogP contribution in [0.5, 0.6) is 11.5 Å². The maximum atomic E-state index is 13.0. The zero-order chi connectivity index (χ0) is 23.4. The van der Waals surface area contributed by atoms with Gasteiger partial charge in [0.1, 0.15) is 11.5 Å². The summed E-state index contributed by atoms with van der Waals surface area (Å²) in [6, 6.07) is 11.8. The van der Waals surface area contributed by atoms with Crippen LogP contribution >= 0.6 is 0 Å². The number of benzene rings is 2. The Morgan fingerprint density at radius 2 is 1.79 bits per heavy atom. The van der Waals surface area contributed by atoms with E-state index < -0.39 is 15.9 Å². The number of methoxy groups -OCH3 is 2. The molecule has 1 aliphatic rings. The Balaban J connectivity index is 1.54. The minimum Gasteiger partial charge on any atom is -0.495 e. The molecule has 4 rings (SSSR count). The maximum Gasteiger partial charge on any atom is 0.248 e. The van der Waals surface area contributed by atoms with Crippen molar-refractivity contribution in [1.29, 1.82) is 0 Å². The molecule has 8 nitrogen and oxygen atoms in total. The first kappa shape index (κ1) is 22.9. The van der Waals surface area contributed by atoms with E-state index in [0.29, 0.717) is 35.9 Å². The molecule has 0 bridgehead atoms. The topological polar surface area (TPSA) is 98.1 Å². The Bertz CT molecular complexity index is 1290. The highest BCUT2D eigenvalue weighted by Crippen LogP contribution is 2.31. The van der Waals surface area contributed by atoms with Crippen LogP contribution in [0.3, 0.4) is 0 Å². The lowest BCUT2D eigenvalue weighted by molar-refractivity contribution is -0.111. The van der Waals surface area contributed by atoms with E-state index in [0.717, 1.165) is 24.6 Å². The van der Waals surface area contributed by atoms with Crippen molar-refractivity contribution in [1.82, 2.24) is 4.31 Å². The van der Waals surface area contributed by atoms with Crippen LogP contribution in [-0.2, 0) is 14.8 Å². The number of rotatable bonds is 7. The number of amides is 1. The van der Waals surface area contributed by atoms with Crippen molar-refractivity contribution in [2.24, 2.45) is 0 Å². The summed E-state index contributed by atoms with van der Waals surface area (Å²) >= 11 is 0. The lowest BCUT2D eigenvalue weighted by atomic mass is 10.2. The first-order chi connectivity index (χ1) is 15.9. The van der Waals surface area contributed by atoms with Crippen molar-refractivity contribution >= 4 is 38.7 Å². The zero-order valence-corrected chi connectivity index (χ0v) is 19.4. The second-order valence-corrected chi connectivity index (χ2v) is 9.61. The molecule has 33 heavy (non-hydrogen) atoms. The molecule has 1 fully saturated rings. The number of anilines is 1. The van der Waals surface area contributed by atoms with Crippen LogP contribution in [0.1, 0.15) is 25.0 Å². The first-order valence-electron chi connectivity index (χ1n) is 10.7.